The molecule has 3 N–H and O–H groups in total. The number of anilines is 2. The molecule has 1 amide bonds. The third kappa shape index (κ3) is 4.12. The van der Waals surface area contributed by atoms with Crippen molar-refractivity contribution in [3.05, 3.63) is 23.2 Å². The molecule has 1 aromatic carbocycles. The fourth-order valence-corrected chi connectivity index (χ4v) is 2.92. The third-order valence-electron chi connectivity index (χ3n) is 3.72. The molecule has 0 saturated carbocycles. The lowest BCUT2D eigenvalue weighted by Crippen LogP contribution is -2.31. The van der Waals surface area contributed by atoms with Gasteiger partial charge in [0, 0.05) is 11.6 Å². The van der Waals surface area contributed by atoms with E-state index in [0.29, 0.717) is 22.9 Å². The molecule has 1 aliphatic heterocycles. The zero-order valence-corrected chi connectivity index (χ0v) is 12.6. The molecular weight excluding hydrogens is 274 g/mol. The van der Waals surface area contributed by atoms with Gasteiger partial charge >= 0.3 is 0 Å². The van der Waals surface area contributed by atoms with Crippen LogP contribution in [-0.2, 0) is 4.79 Å². The number of amides is 1. The minimum Gasteiger partial charge on any atom is -0.397 e. The van der Waals surface area contributed by atoms with Crippen molar-refractivity contribution in [1.82, 2.24) is 4.90 Å². The second-order valence-electron chi connectivity index (χ2n) is 5.46. The summed E-state index contributed by atoms with van der Waals surface area (Å²) in [7, 11) is 0. The van der Waals surface area contributed by atoms with Crippen LogP contribution in [-0.4, -0.2) is 30.4 Å². The Morgan fingerprint density at radius 3 is 3.05 bits per heavy atom. The van der Waals surface area contributed by atoms with Crippen LogP contribution in [0.2, 0.25) is 5.02 Å². The molecule has 1 saturated heterocycles. The fraction of sp³-hybridized carbons (Fsp3) is 0.533. The largest absolute Gasteiger partial charge is 0.397 e. The van der Waals surface area contributed by atoms with Crippen LogP contribution in [0.15, 0.2) is 18.2 Å². The van der Waals surface area contributed by atoms with Gasteiger partial charge in [-0.3, -0.25) is 9.69 Å². The van der Waals surface area contributed by atoms with Crippen LogP contribution >= 0.6 is 11.6 Å². The lowest BCUT2D eigenvalue weighted by molar-refractivity contribution is -0.117. The summed E-state index contributed by atoms with van der Waals surface area (Å²) in [5.41, 5.74) is 6.95. The number of hydrogen-bond donors (Lipinski definition) is 2. The average Bonchev–Trinajstić information content (AvgIpc) is 2.81. The summed E-state index contributed by atoms with van der Waals surface area (Å²) in [6.45, 7) is 4.67. The molecule has 110 valence electrons. The van der Waals surface area contributed by atoms with E-state index in [-0.39, 0.29) is 5.91 Å². The van der Waals surface area contributed by atoms with Gasteiger partial charge in [-0.05, 0) is 43.5 Å². The molecule has 2 rings (SSSR count). The number of likely N-dealkylation sites (tertiary alicyclic amines) is 1. The highest BCUT2D eigenvalue weighted by atomic mass is 35.5. The molecule has 20 heavy (non-hydrogen) atoms. The number of hydrogen-bond acceptors (Lipinski definition) is 3. The van der Waals surface area contributed by atoms with Gasteiger partial charge < -0.3 is 11.1 Å². The fourth-order valence-electron chi connectivity index (χ4n) is 2.74. The molecule has 4 nitrogen and oxygen atoms in total. The highest BCUT2D eigenvalue weighted by molar-refractivity contribution is 6.31. The van der Waals surface area contributed by atoms with Gasteiger partial charge in [-0.1, -0.05) is 24.9 Å². The Kier molecular flexibility index (Phi) is 5.26. The number of nitrogens with zero attached hydrogens (tertiary/aromatic N) is 1. The van der Waals surface area contributed by atoms with E-state index in [4.69, 9.17) is 17.3 Å². The number of rotatable bonds is 5. The van der Waals surface area contributed by atoms with Crippen molar-refractivity contribution in [3.63, 3.8) is 0 Å². The van der Waals surface area contributed by atoms with Gasteiger partial charge in [0.2, 0.25) is 5.91 Å². The molecule has 1 atom stereocenters. The monoisotopic (exact) mass is 295 g/mol. The second-order valence-corrected chi connectivity index (χ2v) is 5.89. The van der Waals surface area contributed by atoms with Gasteiger partial charge in [0.05, 0.1) is 17.9 Å². The van der Waals surface area contributed by atoms with Crippen molar-refractivity contribution >= 4 is 28.9 Å². The van der Waals surface area contributed by atoms with E-state index in [1.54, 1.807) is 18.2 Å². The van der Waals surface area contributed by atoms with E-state index >= 15 is 0 Å². The van der Waals surface area contributed by atoms with Crippen LogP contribution in [0, 0.1) is 5.92 Å². The Balaban J connectivity index is 1.84. The first-order valence-electron chi connectivity index (χ1n) is 7.15. The standard InChI is InChI=1S/C15H22ClN3O/c1-2-3-11-6-7-19(9-11)10-15(20)18-14-5-4-12(16)8-13(14)17/h4-5,8,11H,2-3,6-7,9-10,17H2,1H3,(H,18,20). The van der Waals surface area contributed by atoms with Gasteiger partial charge in [-0.15, -0.1) is 0 Å². The predicted molar refractivity (Wildman–Crippen MR) is 83.9 cm³/mol. The molecule has 0 spiro atoms. The van der Waals surface area contributed by atoms with Crippen LogP contribution < -0.4 is 11.1 Å². The van der Waals surface area contributed by atoms with Crippen molar-refractivity contribution in [2.45, 2.75) is 26.2 Å². The smallest absolute Gasteiger partial charge is 0.238 e. The molecule has 1 fully saturated rings. The molecule has 1 aliphatic rings. The number of carbonyl (C=O) groups excluding carboxylic acids is 1. The predicted octanol–water partition coefficient (Wildman–Crippen LogP) is 2.98. The van der Waals surface area contributed by atoms with E-state index in [2.05, 4.69) is 17.1 Å². The van der Waals surface area contributed by atoms with Crippen molar-refractivity contribution in [2.24, 2.45) is 5.92 Å². The van der Waals surface area contributed by atoms with E-state index < -0.39 is 0 Å². The summed E-state index contributed by atoms with van der Waals surface area (Å²) in [6, 6.07) is 5.10. The summed E-state index contributed by atoms with van der Waals surface area (Å²) in [5.74, 6) is 0.726. The Morgan fingerprint density at radius 1 is 1.55 bits per heavy atom. The van der Waals surface area contributed by atoms with Crippen molar-refractivity contribution in [1.29, 1.82) is 0 Å². The number of nitrogen functional groups attached to an aromatic ring is 1. The summed E-state index contributed by atoms with van der Waals surface area (Å²) >= 11 is 5.84. The van der Waals surface area contributed by atoms with Gasteiger partial charge in [-0.2, -0.15) is 0 Å². The summed E-state index contributed by atoms with van der Waals surface area (Å²) in [5, 5.41) is 3.42. The quantitative estimate of drug-likeness (QED) is 0.821. The number of benzene rings is 1. The molecule has 0 aliphatic carbocycles. The molecule has 1 heterocycles. The maximum absolute atomic E-state index is 12.0. The first kappa shape index (κ1) is 15.1. The normalized spacial score (nSPS) is 19.2. The highest BCUT2D eigenvalue weighted by Gasteiger charge is 2.23. The van der Waals surface area contributed by atoms with Crippen LogP contribution in [0.1, 0.15) is 26.2 Å². The molecule has 0 bridgehead atoms. The van der Waals surface area contributed by atoms with E-state index in [1.807, 2.05) is 0 Å². The topological polar surface area (TPSA) is 58.4 Å². The molecule has 0 radical (unpaired) electrons. The average molecular weight is 296 g/mol. The highest BCUT2D eigenvalue weighted by Crippen LogP contribution is 2.23. The SMILES string of the molecule is CCCC1CCN(CC(=O)Nc2ccc(Cl)cc2N)C1. The van der Waals surface area contributed by atoms with Gasteiger partial charge in [0.1, 0.15) is 0 Å². The van der Waals surface area contributed by atoms with Gasteiger partial charge in [-0.25, -0.2) is 0 Å². The van der Waals surface area contributed by atoms with Crippen LogP contribution in [0.4, 0.5) is 11.4 Å². The summed E-state index contributed by atoms with van der Waals surface area (Å²) in [4.78, 5) is 14.2. The first-order valence-corrected chi connectivity index (χ1v) is 7.53. The number of nitrogens with two attached hydrogens (primary N) is 1. The number of carbonyl (C=O) groups is 1. The zero-order valence-electron chi connectivity index (χ0n) is 11.9. The Labute approximate surface area is 125 Å². The lowest BCUT2D eigenvalue weighted by atomic mass is 10.0. The van der Waals surface area contributed by atoms with Gasteiger partial charge in [0.25, 0.3) is 0 Å². The van der Waals surface area contributed by atoms with E-state index in [9.17, 15) is 4.79 Å². The number of halogens is 1. The van der Waals surface area contributed by atoms with Crippen molar-refractivity contribution in [2.75, 3.05) is 30.7 Å². The molecule has 1 aromatic rings. The molecule has 0 aromatic heterocycles. The minimum absolute atomic E-state index is 0.0174. The maximum atomic E-state index is 12.0. The zero-order chi connectivity index (χ0) is 14.5. The van der Waals surface area contributed by atoms with Crippen LogP contribution in [0.25, 0.3) is 0 Å². The Hall–Kier alpha value is -1.26. The third-order valence-corrected chi connectivity index (χ3v) is 3.96. The first-order chi connectivity index (χ1) is 9.58. The molecular formula is C15H22ClN3O. The van der Waals surface area contributed by atoms with Crippen molar-refractivity contribution < 1.29 is 4.79 Å². The Bertz CT molecular complexity index is 478. The Morgan fingerprint density at radius 2 is 2.35 bits per heavy atom. The second kappa shape index (κ2) is 6.95. The maximum Gasteiger partial charge on any atom is 0.238 e. The van der Waals surface area contributed by atoms with Crippen molar-refractivity contribution in [3.8, 4) is 0 Å². The van der Waals surface area contributed by atoms with E-state index in [1.165, 1.54) is 19.3 Å². The number of nitrogens with one attached hydrogen (secondary N) is 1. The lowest BCUT2D eigenvalue weighted by Gasteiger charge is -2.16. The summed E-state index contributed by atoms with van der Waals surface area (Å²) in [6.07, 6.45) is 3.67. The molecule has 1 unspecified atom stereocenters. The van der Waals surface area contributed by atoms with Crippen LogP contribution in [0.5, 0.6) is 0 Å². The van der Waals surface area contributed by atoms with E-state index in [0.717, 1.165) is 19.0 Å². The summed E-state index contributed by atoms with van der Waals surface area (Å²) < 4.78 is 0. The van der Waals surface area contributed by atoms with Gasteiger partial charge in [0.15, 0.2) is 0 Å². The minimum atomic E-state index is -0.0174. The van der Waals surface area contributed by atoms with Crippen LogP contribution in [0.3, 0.4) is 0 Å². The molecule has 5 heteroatoms.